The van der Waals surface area contributed by atoms with E-state index in [0.717, 1.165) is 24.1 Å². The third-order valence-corrected chi connectivity index (χ3v) is 5.54. The van der Waals surface area contributed by atoms with Crippen LogP contribution in [0.2, 0.25) is 0 Å². The molecule has 0 spiro atoms. The van der Waals surface area contributed by atoms with Gasteiger partial charge in [-0.3, -0.25) is 4.79 Å². The van der Waals surface area contributed by atoms with Crippen LogP contribution in [0, 0.1) is 6.92 Å². The molecule has 0 radical (unpaired) electrons. The van der Waals surface area contributed by atoms with Crippen LogP contribution in [0.4, 0.5) is 0 Å². The van der Waals surface area contributed by atoms with Gasteiger partial charge in [-0.2, -0.15) is 4.98 Å². The lowest BCUT2D eigenvalue weighted by atomic mass is 10.1. The lowest BCUT2D eigenvalue weighted by molar-refractivity contribution is -0.127. The molecule has 4 rings (SSSR count). The van der Waals surface area contributed by atoms with Crippen LogP contribution in [0.5, 0.6) is 0 Å². The zero-order valence-electron chi connectivity index (χ0n) is 14.0. The van der Waals surface area contributed by atoms with Gasteiger partial charge in [0.15, 0.2) is 0 Å². The van der Waals surface area contributed by atoms with Gasteiger partial charge in [-0.15, -0.1) is 11.3 Å². The SMILES string of the molecule is Cc1ccccc1-c1noc(C2CC(=O)N(CCc3cccs3)C2)n1. The van der Waals surface area contributed by atoms with Crippen molar-refractivity contribution < 1.29 is 9.32 Å². The van der Waals surface area contributed by atoms with Gasteiger partial charge in [0.2, 0.25) is 17.6 Å². The predicted octanol–water partition coefficient (Wildman–Crippen LogP) is 3.67. The number of carbonyl (C=O) groups excluding carboxylic acids is 1. The van der Waals surface area contributed by atoms with Crippen molar-refractivity contribution in [2.75, 3.05) is 13.1 Å². The van der Waals surface area contributed by atoms with Crippen molar-refractivity contribution in [1.82, 2.24) is 15.0 Å². The number of likely N-dealkylation sites (tertiary alicyclic amines) is 1. The maximum atomic E-state index is 12.3. The molecular formula is C19H19N3O2S. The summed E-state index contributed by atoms with van der Waals surface area (Å²) in [5.74, 6) is 1.31. The van der Waals surface area contributed by atoms with Crippen molar-refractivity contribution in [1.29, 1.82) is 0 Å². The summed E-state index contributed by atoms with van der Waals surface area (Å²) in [6.07, 6.45) is 1.34. The maximum Gasteiger partial charge on any atom is 0.232 e. The highest BCUT2D eigenvalue weighted by Crippen LogP contribution is 2.29. The Bertz CT molecular complexity index is 872. The first-order valence-electron chi connectivity index (χ1n) is 8.40. The number of amides is 1. The minimum atomic E-state index is -0.0129. The monoisotopic (exact) mass is 353 g/mol. The van der Waals surface area contributed by atoms with E-state index in [0.29, 0.717) is 24.7 Å². The summed E-state index contributed by atoms with van der Waals surface area (Å²) in [6.45, 7) is 3.42. The van der Waals surface area contributed by atoms with Gasteiger partial charge in [0.05, 0.1) is 5.92 Å². The molecule has 6 heteroatoms. The lowest BCUT2D eigenvalue weighted by Gasteiger charge is -2.15. The molecule has 1 fully saturated rings. The van der Waals surface area contributed by atoms with Gasteiger partial charge in [-0.25, -0.2) is 0 Å². The largest absolute Gasteiger partial charge is 0.342 e. The van der Waals surface area contributed by atoms with Crippen LogP contribution in [0.3, 0.4) is 0 Å². The second-order valence-corrected chi connectivity index (χ2v) is 7.37. The number of aryl methyl sites for hydroxylation is 1. The van der Waals surface area contributed by atoms with E-state index in [1.165, 1.54) is 4.88 Å². The van der Waals surface area contributed by atoms with Crippen molar-refractivity contribution in [2.45, 2.75) is 25.7 Å². The van der Waals surface area contributed by atoms with Crippen molar-refractivity contribution >= 4 is 17.2 Å². The molecule has 1 aliphatic heterocycles. The summed E-state index contributed by atoms with van der Waals surface area (Å²) in [4.78, 5) is 20.0. The van der Waals surface area contributed by atoms with E-state index in [-0.39, 0.29) is 11.8 Å². The average Bonchev–Trinajstić information content (AvgIpc) is 3.34. The van der Waals surface area contributed by atoms with E-state index in [9.17, 15) is 4.79 Å². The molecule has 1 amide bonds. The topological polar surface area (TPSA) is 59.2 Å². The van der Waals surface area contributed by atoms with Gasteiger partial charge in [-0.1, -0.05) is 35.5 Å². The second-order valence-electron chi connectivity index (χ2n) is 6.34. The Morgan fingerprint density at radius 2 is 2.16 bits per heavy atom. The highest BCUT2D eigenvalue weighted by atomic mass is 32.1. The molecule has 25 heavy (non-hydrogen) atoms. The third-order valence-electron chi connectivity index (χ3n) is 4.60. The van der Waals surface area contributed by atoms with Crippen LogP contribution >= 0.6 is 11.3 Å². The molecule has 1 aromatic carbocycles. The summed E-state index contributed by atoms with van der Waals surface area (Å²) in [5, 5.41) is 6.18. The van der Waals surface area contributed by atoms with E-state index in [1.807, 2.05) is 42.2 Å². The van der Waals surface area contributed by atoms with E-state index < -0.39 is 0 Å². The van der Waals surface area contributed by atoms with Crippen LogP contribution < -0.4 is 0 Å². The van der Waals surface area contributed by atoms with E-state index in [2.05, 4.69) is 21.6 Å². The number of thiophene rings is 1. The van der Waals surface area contributed by atoms with Crippen LogP contribution in [0.1, 0.15) is 28.7 Å². The smallest absolute Gasteiger partial charge is 0.232 e. The first-order chi connectivity index (χ1) is 12.2. The van der Waals surface area contributed by atoms with Crippen molar-refractivity contribution in [3.63, 3.8) is 0 Å². The molecule has 1 saturated heterocycles. The zero-order chi connectivity index (χ0) is 17.2. The molecule has 0 bridgehead atoms. The molecule has 3 aromatic rings. The highest BCUT2D eigenvalue weighted by molar-refractivity contribution is 7.09. The Morgan fingerprint density at radius 3 is 2.96 bits per heavy atom. The van der Waals surface area contributed by atoms with Gasteiger partial charge in [-0.05, 0) is 30.4 Å². The molecular weight excluding hydrogens is 334 g/mol. The van der Waals surface area contributed by atoms with Gasteiger partial charge in [0.1, 0.15) is 0 Å². The molecule has 1 atom stereocenters. The zero-order valence-corrected chi connectivity index (χ0v) is 14.8. The highest BCUT2D eigenvalue weighted by Gasteiger charge is 2.34. The third kappa shape index (κ3) is 3.35. The number of nitrogens with zero attached hydrogens (tertiary/aromatic N) is 3. The standard InChI is InChI=1S/C19H19N3O2S/c1-13-5-2-3-7-16(13)18-20-19(24-21-18)14-11-17(23)22(12-14)9-8-15-6-4-10-25-15/h2-7,10,14H,8-9,11-12H2,1H3. The number of aromatic nitrogens is 2. The normalized spacial score (nSPS) is 17.4. The molecule has 2 aromatic heterocycles. The number of rotatable bonds is 5. The van der Waals surface area contributed by atoms with Gasteiger partial charge in [0, 0.05) is 30.0 Å². The summed E-state index contributed by atoms with van der Waals surface area (Å²) in [5.41, 5.74) is 2.08. The number of hydrogen-bond acceptors (Lipinski definition) is 5. The summed E-state index contributed by atoms with van der Waals surface area (Å²) in [6, 6.07) is 12.1. The average molecular weight is 353 g/mol. The van der Waals surface area contributed by atoms with Crippen molar-refractivity contribution in [3.8, 4) is 11.4 Å². The van der Waals surface area contributed by atoms with E-state index >= 15 is 0 Å². The lowest BCUT2D eigenvalue weighted by Crippen LogP contribution is -2.27. The molecule has 128 valence electrons. The number of hydrogen-bond donors (Lipinski definition) is 0. The molecule has 5 nitrogen and oxygen atoms in total. The number of benzene rings is 1. The van der Waals surface area contributed by atoms with Crippen LogP contribution in [0.25, 0.3) is 11.4 Å². The minimum Gasteiger partial charge on any atom is -0.342 e. The molecule has 1 unspecified atom stereocenters. The first-order valence-corrected chi connectivity index (χ1v) is 9.28. The fourth-order valence-electron chi connectivity index (χ4n) is 3.19. The quantitative estimate of drug-likeness (QED) is 0.702. The molecule has 1 aliphatic rings. The fraction of sp³-hybridized carbons (Fsp3) is 0.316. The van der Waals surface area contributed by atoms with Gasteiger partial charge < -0.3 is 9.42 Å². The van der Waals surface area contributed by atoms with Crippen molar-refractivity contribution in [2.24, 2.45) is 0 Å². The summed E-state index contributed by atoms with van der Waals surface area (Å²) >= 11 is 1.73. The summed E-state index contributed by atoms with van der Waals surface area (Å²) in [7, 11) is 0. The Hall–Kier alpha value is -2.47. The Balaban J connectivity index is 1.44. The Labute approximate surface area is 150 Å². The molecule has 0 aliphatic carbocycles. The van der Waals surface area contributed by atoms with Gasteiger partial charge in [0.25, 0.3) is 0 Å². The predicted molar refractivity (Wildman–Crippen MR) is 96.4 cm³/mol. The van der Waals surface area contributed by atoms with Crippen LogP contribution in [0.15, 0.2) is 46.3 Å². The summed E-state index contributed by atoms with van der Waals surface area (Å²) < 4.78 is 5.47. The molecule has 3 heterocycles. The first kappa shape index (κ1) is 16.0. The molecule has 0 saturated carbocycles. The van der Waals surface area contributed by atoms with Crippen molar-refractivity contribution in [3.05, 3.63) is 58.1 Å². The van der Waals surface area contributed by atoms with E-state index in [1.54, 1.807) is 11.3 Å². The Morgan fingerprint density at radius 1 is 1.28 bits per heavy atom. The van der Waals surface area contributed by atoms with Crippen LogP contribution in [-0.2, 0) is 11.2 Å². The second kappa shape index (κ2) is 6.80. The van der Waals surface area contributed by atoms with E-state index in [4.69, 9.17) is 4.52 Å². The van der Waals surface area contributed by atoms with Gasteiger partial charge >= 0.3 is 0 Å². The fourth-order valence-corrected chi connectivity index (χ4v) is 3.89. The number of carbonyl (C=O) groups is 1. The minimum absolute atomic E-state index is 0.0129. The Kier molecular flexibility index (Phi) is 4.36. The van der Waals surface area contributed by atoms with Crippen LogP contribution in [-0.4, -0.2) is 34.0 Å². The maximum absolute atomic E-state index is 12.3. The molecule has 0 N–H and O–H groups in total.